The number of ether oxygens (including phenoxy) is 1. The molecule has 94 valence electrons. The second-order valence-corrected chi connectivity index (χ2v) is 5.10. The second-order valence-electron chi connectivity index (χ2n) is 4.04. The van der Waals surface area contributed by atoms with Crippen molar-refractivity contribution in [1.29, 1.82) is 0 Å². The van der Waals surface area contributed by atoms with Gasteiger partial charge in [0.1, 0.15) is 0 Å². The lowest BCUT2D eigenvalue weighted by atomic mass is 10.2. The van der Waals surface area contributed by atoms with Crippen LogP contribution in [0.4, 0.5) is 5.69 Å². The molecule has 0 aliphatic heterocycles. The van der Waals surface area contributed by atoms with Crippen LogP contribution in [0.15, 0.2) is 41.8 Å². The van der Waals surface area contributed by atoms with Crippen molar-refractivity contribution in [3.05, 3.63) is 36.9 Å². The van der Waals surface area contributed by atoms with E-state index in [1.165, 1.54) is 10.6 Å². The van der Waals surface area contributed by atoms with E-state index in [-0.39, 0.29) is 0 Å². The normalized spacial score (nSPS) is 12.1. The molecule has 2 nitrogen and oxygen atoms in total. The summed E-state index contributed by atoms with van der Waals surface area (Å²) in [7, 11) is 1.74. The average Bonchev–Trinajstić information content (AvgIpc) is 2.35. The van der Waals surface area contributed by atoms with Gasteiger partial charge in [-0.15, -0.1) is 18.3 Å². The van der Waals surface area contributed by atoms with Crippen LogP contribution in [0.25, 0.3) is 0 Å². The van der Waals surface area contributed by atoms with Crippen molar-refractivity contribution < 1.29 is 4.74 Å². The number of hydrogen-bond donors (Lipinski definition) is 1. The highest BCUT2D eigenvalue weighted by Crippen LogP contribution is 2.26. The first-order chi connectivity index (χ1) is 8.27. The van der Waals surface area contributed by atoms with Crippen LogP contribution < -0.4 is 5.32 Å². The highest BCUT2D eigenvalue weighted by atomic mass is 32.2. The monoisotopic (exact) mass is 251 g/mol. The third-order valence-electron chi connectivity index (χ3n) is 2.34. The van der Waals surface area contributed by atoms with E-state index in [0.717, 1.165) is 18.9 Å². The summed E-state index contributed by atoms with van der Waals surface area (Å²) >= 11 is 1.80. The fourth-order valence-corrected chi connectivity index (χ4v) is 2.28. The molecular formula is C14H21NOS. The fourth-order valence-electron chi connectivity index (χ4n) is 1.51. The summed E-state index contributed by atoms with van der Waals surface area (Å²) in [5.74, 6) is 1.45. The van der Waals surface area contributed by atoms with Gasteiger partial charge in [-0.25, -0.2) is 0 Å². The van der Waals surface area contributed by atoms with Crippen LogP contribution in [0.5, 0.6) is 0 Å². The van der Waals surface area contributed by atoms with Crippen molar-refractivity contribution in [2.24, 2.45) is 5.92 Å². The van der Waals surface area contributed by atoms with Gasteiger partial charge >= 0.3 is 0 Å². The molecule has 0 heterocycles. The first-order valence-corrected chi connectivity index (χ1v) is 6.82. The average molecular weight is 251 g/mol. The van der Waals surface area contributed by atoms with E-state index in [9.17, 15) is 0 Å². The van der Waals surface area contributed by atoms with E-state index in [1.54, 1.807) is 18.9 Å². The van der Waals surface area contributed by atoms with Gasteiger partial charge < -0.3 is 10.1 Å². The quantitative estimate of drug-likeness (QED) is 0.563. The van der Waals surface area contributed by atoms with Crippen LogP contribution in [-0.2, 0) is 4.74 Å². The first kappa shape index (κ1) is 14.1. The van der Waals surface area contributed by atoms with E-state index in [0.29, 0.717) is 5.92 Å². The third kappa shape index (κ3) is 5.29. The zero-order valence-electron chi connectivity index (χ0n) is 10.6. The zero-order valence-corrected chi connectivity index (χ0v) is 11.4. The Balaban J connectivity index is 2.53. The molecule has 1 N–H and O–H groups in total. The van der Waals surface area contributed by atoms with Gasteiger partial charge in [-0.3, -0.25) is 0 Å². The molecule has 0 fully saturated rings. The molecule has 1 aromatic rings. The summed E-state index contributed by atoms with van der Waals surface area (Å²) in [6.45, 7) is 7.64. The molecule has 0 saturated heterocycles. The first-order valence-electron chi connectivity index (χ1n) is 5.83. The third-order valence-corrected chi connectivity index (χ3v) is 3.41. The minimum atomic E-state index is 0.512. The summed E-state index contributed by atoms with van der Waals surface area (Å²) in [6.07, 6.45) is 1.93. The standard InChI is InChI=1S/C14H21NOS/c1-4-9-17-14-8-6-5-7-13(14)15-10-12(2)11-16-3/h4-8,12,15H,1,9-11H2,2-3H3. The number of thioether (sulfide) groups is 1. The molecule has 0 spiro atoms. The number of methoxy groups -OCH3 is 1. The van der Waals surface area contributed by atoms with Gasteiger partial charge in [-0.2, -0.15) is 0 Å². The van der Waals surface area contributed by atoms with Gasteiger partial charge in [0, 0.05) is 30.0 Å². The molecule has 0 radical (unpaired) electrons. The van der Waals surface area contributed by atoms with Crippen LogP contribution >= 0.6 is 11.8 Å². The van der Waals surface area contributed by atoms with Gasteiger partial charge in [-0.05, 0) is 18.1 Å². The maximum absolute atomic E-state index is 5.13. The molecule has 0 saturated carbocycles. The van der Waals surface area contributed by atoms with Gasteiger partial charge in [0.05, 0.1) is 6.61 Å². The maximum Gasteiger partial charge on any atom is 0.0504 e. The number of para-hydroxylation sites is 1. The highest BCUT2D eigenvalue weighted by molar-refractivity contribution is 7.99. The number of anilines is 1. The molecule has 1 atom stereocenters. The van der Waals surface area contributed by atoms with Crippen molar-refractivity contribution >= 4 is 17.4 Å². The molecule has 1 aromatic carbocycles. The lowest BCUT2D eigenvalue weighted by Crippen LogP contribution is -2.16. The lowest BCUT2D eigenvalue weighted by molar-refractivity contribution is 0.164. The predicted molar refractivity (Wildman–Crippen MR) is 76.9 cm³/mol. The largest absolute Gasteiger partial charge is 0.384 e. The summed E-state index contributed by atoms with van der Waals surface area (Å²) in [4.78, 5) is 1.28. The van der Waals surface area contributed by atoms with E-state index in [4.69, 9.17) is 4.74 Å². The summed E-state index contributed by atoms with van der Waals surface area (Å²) in [6, 6.07) is 8.37. The Hall–Kier alpha value is -0.930. The van der Waals surface area contributed by atoms with Gasteiger partial charge in [0.25, 0.3) is 0 Å². The Bertz CT molecular complexity index is 341. The number of hydrogen-bond acceptors (Lipinski definition) is 3. The number of rotatable bonds is 8. The van der Waals surface area contributed by atoms with Crippen molar-refractivity contribution in [2.45, 2.75) is 11.8 Å². The molecular weight excluding hydrogens is 230 g/mol. The summed E-state index contributed by atoms with van der Waals surface area (Å²) < 4.78 is 5.13. The van der Waals surface area contributed by atoms with Crippen LogP contribution in [-0.4, -0.2) is 26.0 Å². The predicted octanol–water partition coefficient (Wildman–Crippen LogP) is 3.66. The number of benzene rings is 1. The van der Waals surface area contributed by atoms with Gasteiger partial charge in [0.15, 0.2) is 0 Å². The minimum Gasteiger partial charge on any atom is -0.384 e. The van der Waals surface area contributed by atoms with Crippen molar-refractivity contribution in [2.75, 3.05) is 31.3 Å². The van der Waals surface area contributed by atoms with E-state index in [1.807, 2.05) is 6.08 Å². The molecule has 3 heteroatoms. The second kappa shape index (κ2) is 8.20. The Kier molecular flexibility index (Phi) is 6.82. The van der Waals surface area contributed by atoms with Crippen LogP contribution in [0.2, 0.25) is 0 Å². The molecule has 0 bridgehead atoms. The Labute approximate surface area is 108 Å². The summed E-state index contributed by atoms with van der Waals surface area (Å²) in [5, 5.41) is 3.47. The lowest BCUT2D eigenvalue weighted by Gasteiger charge is -2.15. The Morgan fingerprint density at radius 1 is 1.47 bits per heavy atom. The molecule has 0 amide bonds. The van der Waals surface area contributed by atoms with Gasteiger partial charge in [0.2, 0.25) is 0 Å². The van der Waals surface area contributed by atoms with Crippen LogP contribution in [0.1, 0.15) is 6.92 Å². The minimum absolute atomic E-state index is 0.512. The SMILES string of the molecule is C=CCSc1ccccc1NCC(C)COC. The maximum atomic E-state index is 5.13. The van der Waals surface area contributed by atoms with E-state index in [2.05, 4.69) is 43.1 Å². The van der Waals surface area contributed by atoms with Crippen molar-refractivity contribution in [3.8, 4) is 0 Å². The van der Waals surface area contributed by atoms with Crippen molar-refractivity contribution in [3.63, 3.8) is 0 Å². The zero-order chi connectivity index (χ0) is 12.5. The Morgan fingerprint density at radius 2 is 2.24 bits per heavy atom. The summed E-state index contributed by atoms with van der Waals surface area (Å²) in [5.41, 5.74) is 1.20. The van der Waals surface area contributed by atoms with Crippen LogP contribution in [0, 0.1) is 5.92 Å². The van der Waals surface area contributed by atoms with Crippen LogP contribution in [0.3, 0.4) is 0 Å². The topological polar surface area (TPSA) is 21.3 Å². The fraction of sp³-hybridized carbons (Fsp3) is 0.429. The van der Waals surface area contributed by atoms with Gasteiger partial charge in [-0.1, -0.05) is 25.1 Å². The number of nitrogens with one attached hydrogen (secondary N) is 1. The highest BCUT2D eigenvalue weighted by Gasteiger charge is 2.04. The molecule has 0 aromatic heterocycles. The molecule has 1 unspecified atom stereocenters. The van der Waals surface area contributed by atoms with E-state index >= 15 is 0 Å². The smallest absolute Gasteiger partial charge is 0.0504 e. The molecule has 17 heavy (non-hydrogen) atoms. The molecule has 0 aliphatic rings. The van der Waals surface area contributed by atoms with E-state index < -0.39 is 0 Å². The molecule has 0 aliphatic carbocycles. The van der Waals surface area contributed by atoms with Crippen molar-refractivity contribution in [1.82, 2.24) is 0 Å². The molecule has 1 rings (SSSR count). The Morgan fingerprint density at radius 3 is 2.94 bits per heavy atom.